The zero-order valence-electron chi connectivity index (χ0n) is 12.8. The maximum absolute atomic E-state index is 9.90. The Morgan fingerprint density at radius 2 is 1.13 bits per heavy atom. The summed E-state index contributed by atoms with van der Waals surface area (Å²) < 4.78 is 0. The molecular formula is C12H28O11. The van der Waals surface area contributed by atoms with Gasteiger partial charge in [-0.3, -0.25) is 0 Å². The first-order chi connectivity index (χ1) is 10.6. The van der Waals surface area contributed by atoms with Gasteiger partial charge in [0.2, 0.25) is 0 Å². The highest BCUT2D eigenvalue weighted by atomic mass is 16.4. The Morgan fingerprint density at radius 1 is 0.739 bits per heavy atom. The lowest BCUT2D eigenvalue weighted by molar-refractivity contribution is -0.136. The maximum atomic E-state index is 9.90. The number of carbonyl (C=O) groups is 1. The van der Waals surface area contributed by atoms with Crippen molar-refractivity contribution < 1.29 is 55.9 Å². The molecule has 0 saturated heterocycles. The molecule has 0 aromatic rings. The van der Waals surface area contributed by atoms with Gasteiger partial charge >= 0.3 is 0 Å². The van der Waals surface area contributed by atoms with Crippen molar-refractivity contribution in [2.75, 3.05) is 26.4 Å². The Morgan fingerprint density at radius 3 is 1.30 bits per heavy atom. The van der Waals surface area contributed by atoms with Crippen LogP contribution in [0.2, 0.25) is 0 Å². The van der Waals surface area contributed by atoms with Crippen molar-refractivity contribution in [3.63, 3.8) is 0 Å². The van der Waals surface area contributed by atoms with Gasteiger partial charge in [0.1, 0.15) is 30.5 Å². The number of aldehydes is 1. The first kappa shape index (κ1) is 27.1. The molecule has 23 heavy (non-hydrogen) atoms. The number of hydrogen-bond donors (Lipinski definition) is 10. The topological polar surface area (TPSA) is 219 Å². The molecule has 0 amide bonds. The zero-order chi connectivity index (χ0) is 19.0. The molecule has 0 rings (SSSR count). The van der Waals surface area contributed by atoms with E-state index in [0.717, 1.165) is 0 Å². The second kappa shape index (κ2) is 17.6. The molecule has 5 atom stereocenters. The van der Waals surface area contributed by atoms with E-state index in [-0.39, 0.29) is 26.1 Å². The predicted octanol–water partition coefficient (Wildman–Crippen LogP) is -5.69. The van der Waals surface area contributed by atoms with Gasteiger partial charge in [-0.1, -0.05) is 0 Å². The van der Waals surface area contributed by atoms with E-state index in [4.69, 9.17) is 51.1 Å². The lowest BCUT2D eigenvalue weighted by Gasteiger charge is -2.22. The SMILES string of the molecule is CC(O)CO.O=C[C@H](O)[C@@H](O)[C@H](O)[C@H](O)CO.OCC(O)CO. The van der Waals surface area contributed by atoms with Crippen molar-refractivity contribution in [3.8, 4) is 0 Å². The van der Waals surface area contributed by atoms with E-state index >= 15 is 0 Å². The van der Waals surface area contributed by atoms with E-state index in [1.807, 2.05) is 0 Å². The van der Waals surface area contributed by atoms with E-state index in [1.165, 1.54) is 6.92 Å². The van der Waals surface area contributed by atoms with Gasteiger partial charge in [0.25, 0.3) is 0 Å². The van der Waals surface area contributed by atoms with Crippen molar-refractivity contribution in [2.24, 2.45) is 0 Å². The Kier molecular flexibility index (Phi) is 20.8. The van der Waals surface area contributed by atoms with Crippen LogP contribution in [0.5, 0.6) is 0 Å². The fourth-order valence-electron chi connectivity index (χ4n) is 0.676. The second-order valence-corrected chi connectivity index (χ2v) is 4.41. The van der Waals surface area contributed by atoms with Gasteiger partial charge in [-0.05, 0) is 6.92 Å². The minimum Gasteiger partial charge on any atom is -0.394 e. The molecule has 142 valence electrons. The van der Waals surface area contributed by atoms with Crippen LogP contribution in [0.15, 0.2) is 0 Å². The summed E-state index contributed by atoms with van der Waals surface area (Å²) in [6, 6.07) is 0. The molecule has 0 aromatic carbocycles. The van der Waals surface area contributed by atoms with Crippen LogP contribution < -0.4 is 0 Å². The molecule has 0 heterocycles. The minimum atomic E-state index is -1.79. The van der Waals surface area contributed by atoms with Gasteiger partial charge in [0.05, 0.1) is 32.5 Å². The molecule has 11 nitrogen and oxygen atoms in total. The van der Waals surface area contributed by atoms with Gasteiger partial charge in [0, 0.05) is 0 Å². The fourth-order valence-corrected chi connectivity index (χ4v) is 0.676. The van der Waals surface area contributed by atoms with Crippen LogP contribution in [0.1, 0.15) is 6.92 Å². The van der Waals surface area contributed by atoms with Gasteiger partial charge in [-0.25, -0.2) is 0 Å². The Hall–Kier alpha value is -0.730. The highest BCUT2D eigenvalue weighted by molar-refractivity contribution is 5.56. The van der Waals surface area contributed by atoms with Crippen LogP contribution in [0.4, 0.5) is 0 Å². The van der Waals surface area contributed by atoms with Crippen LogP contribution in [0.3, 0.4) is 0 Å². The average molecular weight is 348 g/mol. The highest BCUT2D eigenvalue weighted by Gasteiger charge is 2.29. The van der Waals surface area contributed by atoms with E-state index in [0.29, 0.717) is 0 Å². The molecule has 0 radical (unpaired) electrons. The third-order valence-electron chi connectivity index (χ3n) is 2.11. The molecule has 0 aliphatic carbocycles. The Bertz CT molecular complexity index is 247. The average Bonchev–Trinajstić information content (AvgIpc) is 2.58. The predicted molar refractivity (Wildman–Crippen MR) is 76.1 cm³/mol. The summed E-state index contributed by atoms with van der Waals surface area (Å²) in [5, 5.41) is 83.6. The van der Waals surface area contributed by atoms with Gasteiger partial charge in [0.15, 0.2) is 6.29 Å². The molecule has 0 bridgehead atoms. The fraction of sp³-hybridized carbons (Fsp3) is 0.917. The number of aliphatic hydroxyl groups excluding tert-OH is 10. The standard InChI is InChI=1S/C6H12O6.C3H8O3.C3H8O2/c7-1-3(9)5(11)6(12)4(10)2-8;4-1-3(6)2-5;1-3(5)2-4/h1,3-6,8-12H,2H2;3-6H,1-2H2;3-5H,2H2,1H3/t3-,4+,5+,6+;;/m0../s1. The van der Waals surface area contributed by atoms with Crippen LogP contribution in [0, 0.1) is 0 Å². The minimum absolute atomic E-state index is 0.0258. The highest BCUT2D eigenvalue weighted by Crippen LogP contribution is 2.02. The first-order valence-corrected chi connectivity index (χ1v) is 6.59. The summed E-state index contributed by atoms with van der Waals surface area (Å²) in [5.74, 6) is 0. The maximum Gasteiger partial charge on any atom is 0.151 e. The molecule has 0 saturated carbocycles. The molecule has 0 fully saturated rings. The Labute approximate surface area is 133 Å². The number of aliphatic hydroxyl groups is 10. The normalized spacial score (nSPS) is 16.9. The molecule has 1 unspecified atom stereocenters. The Balaban J connectivity index is -0.000000303. The summed E-state index contributed by atoms with van der Waals surface area (Å²) in [5.41, 5.74) is 0. The summed E-state index contributed by atoms with van der Waals surface area (Å²) in [4.78, 5) is 9.90. The van der Waals surface area contributed by atoms with E-state index in [2.05, 4.69) is 0 Å². The molecular weight excluding hydrogens is 320 g/mol. The third kappa shape index (κ3) is 17.5. The number of carbonyl (C=O) groups excluding carboxylic acids is 1. The number of hydrogen-bond acceptors (Lipinski definition) is 11. The monoisotopic (exact) mass is 348 g/mol. The molecule has 0 aliphatic rings. The van der Waals surface area contributed by atoms with Crippen LogP contribution >= 0.6 is 0 Å². The second-order valence-electron chi connectivity index (χ2n) is 4.41. The van der Waals surface area contributed by atoms with Gasteiger partial charge in [-0.2, -0.15) is 0 Å². The lowest BCUT2D eigenvalue weighted by Crippen LogP contribution is -2.46. The summed E-state index contributed by atoms with van der Waals surface area (Å²) >= 11 is 0. The molecule has 0 aromatic heterocycles. The van der Waals surface area contributed by atoms with Crippen molar-refractivity contribution in [3.05, 3.63) is 0 Å². The largest absolute Gasteiger partial charge is 0.394 e. The zero-order valence-corrected chi connectivity index (χ0v) is 12.8. The quantitative estimate of drug-likeness (QED) is 0.186. The van der Waals surface area contributed by atoms with Crippen LogP contribution in [-0.2, 0) is 4.79 Å². The molecule has 10 N–H and O–H groups in total. The number of rotatable bonds is 8. The molecule has 0 spiro atoms. The summed E-state index contributed by atoms with van der Waals surface area (Å²) in [6.45, 7) is -0.100. The first-order valence-electron chi connectivity index (χ1n) is 6.59. The van der Waals surface area contributed by atoms with Crippen molar-refractivity contribution in [1.29, 1.82) is 0 Å². The van der Waals surface area contributed by atoms with Crippen molar-refractivity contribution in [1.82, 2.24) is 0 Å². The summed E-state index contributed by atoms with van der Waals surface area (Å²) in [7, 11) is 0. The van der Waals surface area contributed by atoms with Crippen molar-refractivity contribution >= 4 is 6.29 Å². The van der Waals surface area contributed by atoms with Gasteiger partial charge < -0.3 is 55.9 Å². The van der Waals surface area contributed by atoms with Crippen LogP contribution in [-0.4, -0.2) is 120 Å². The van der Waals surface area contributed by atoms with Gasteiger partial charge in [-0.15, -0.1) is 0 Å². The summed E-state index contributed by atoms with van der Waals surface area (Å²) in [6.07, 6.45) is -8.35. The van der Waals surface area contributed by atoms with E-state index < -0.39 is 43.2 Å². The smallest absolute Gasteiger partial charge is 0.151 e. The lowest BCUT2D eigenvalue weighted by atomic mass is 10.0. The molecule has 11 heteroatoms. The van der Waals surface area contributed by atoms with E-state index in [1.54, 1.807) is 0 Å². The van der Waals surface area contributed by atoms with Crippen molar-refractivity contribution in [2.45, 2.75) is 43.5 Å². The van der Waals surface area contributed by atoms with Crippen LogP contribution in [0.25, 0.3) is 0 Å². The third-order valence-corrected chi connectivity index (χ3v) is 2.11. The molecule has 0 aliphatic heterocycles. The van der Waals surface area contributed by atoms with E-state index in [9.17, 15) is 4.79 Å².